The second-order valence-corrected chi connectivity index (χ2v) is 10.5. The maximum atomic E-state index is 13.3. The number of carbonyl (C=O) groups is 2. The van der Waals surface area contributed by atoms with Crippen molar-refractivity contribution in [3.63, 3.8) is 0 Å². The van der Waals surface area contributed by atoms with Gasteiger partial charge in [-0.15, -0.1) is 11.8 Å². The zero-order valence-corrected chi connectivity index (χ0v) is 22.0. The molecule has 1 fully saturated rings. The normalized spacial score (nSPS) is 21.0. The van der Waals surface area contributed by atoms with E-state index in [1.54, 1.807) is 24.0 Å². The van der Waals surface area contributed by atoms with Crippen LogP contribution in [0.5, 0.6) is 0 Å². The molecule has 2 atom stereocenters. The summed E-state index contributed by atoms with van der Waals surface area (Å²) in [5, 5.41) is 0. The average Bonchev–Trinajstić information content (AvgIpc) is 2.90. The number of hydrogen-bond acceptors (Lipinski definition) is 8. The van der Waals surface area contributed by atoms with Crippen molar-refractivity contribution in [1.29, 1.82) is 0 Å². The largest absolute Gasteiger partial charge is 0.465 e. The summed E-state index contributed by atoms with van der Waals surface area (Å²) in [6, 6.07) is 14.3. The van der Waals surface area contributed by atoms with E-state index in [-0.39, 0.29) is 18.0 Å². The first-order valence-corrected chi connectivity index (χ1v) is 13.3. The summed E-state index contributed by atoms with van der Waals surface area (Å²) in [5.41, 5.74) is 8.90. The molecule has 192 valence electrons. The maximum absolute atomic E-state index is 13.3. The minimum atomic E-state index is -0.393. The SMILES string of the molecule is COC(=O)c1ccc(N2C[C@@H](C)N(CC(=O)N3CCC(N)=C(SCc4ccccc4)C3)[C@@H](C)C2)nc1. The molecular formula is C27H35N5O3S. The van der Waals surface area contributed by atoms with E-state index in [9.17, 15) is 9.59 Å². The molecule has 1 saturated heterocycles. The van der Waals surface area contributed by atoms with E-state index in [1.807, 2.05) is 29.2 Å². The van der Waals surface area contributed by atoms with Gasteiger partial charge in [-0.1, -0.05) is 30.3 Å². The highest BCUT2D eigenvalue weighted by Crippen LogP contribution is 2.28. The summed E-state index contributed by atoms with van der Waals surface area (Å²) in [4.78, 5) is 37.0. The van der Waals surface area contributed by atoms with Crippen LogP contribution in [-0.2, 0) is 15.3 Å². The molecule has 2 aliphatic heterocycles. The monoisotopic (exact) mass is 509 g/mol. The highest BCUT2D eigenvalue weighted by Gasteiger charge is 2.33. The Morgan fingerprint density at radius 3 is 2.47 bits per heavy atom. The van der Waals surface area contributed by atoms with Gasteiger partial charge in [0.1, 0.15) is 5.82 Å². The lowest BCUT2D eigenvalue weighted by molar-refractivity contribution is -0.133. The second kappa shape index (κ2) is 11.8. The number of rotatable bonds is 7. The van der Waals surface area contributed by atoms with Crippen LogP contribution in [0.3, 0.4) is 0 Å². The third-order valence-electron chi connectivity index (χ3n) is 6.86. The average molecular weight is 510 g/mol. The number of pyridine rings is 1. The van der Waals surface area contributed by atoms with Crippen molar-refractivity contribution in [2.45, 2.75) is 38.1 Å². The van der Waals surface area contributed by atoms with Crippen LogP contribution in [0.25, 0.3) is 0 Å². The summed E-state index contributed by atoms with van der Waals surface area (Å²) < 4.78 is 4.76. The van der Waals surface area contributed by atoms with Gasteiger partial charge in [0.25, 0.3) is 0 Å². The lowest BCUT2D eigenvalue weighted by atomic mass is 10.1. The molecule has 1 aromatic carbocycles. The van der Waals surface area contributed by atoms with E-state index in [4.69, 9.17) is 10.5 Å². The number of hydrogen-bond donors (Lipinski definition) is 1. The fourth-order valence-corrected chi connectivity index (χ4v) is 5.84. The van der Waals surface area contributed by atoms with Crippen molar-refractivity contribution in [2.24, 2.45) is 5.73 Å². The first-order chi connectivity index (χ1) is 17.4. The molecule has 0 aliphatic carbocycles. The number of ether oxygens (including phenoxy) is 1. The van der Waals surface area contributed by atoms with Gasteiger partial charge in [0, 0.05) is 60.7 Å². The van der Waals surface area contributed by atoms with Crippen LogP contribution in [-0.4, -0.2) is 78.6 Å². The molecule has 0 saturated carbocycles. The molecule has 1 amide bonds. The number of amides is 1. The van der Waals surface area contributed by atoms with Crippen molar-refractivity contribution < 1.29 is 14.3 Å². The van der Waals surface area contributed by atoms with Gasteiger partial charge in [-0.25, -0.2) is 9.78 Å². The first kappa shape index (κ1) is 26.0. The molecule has 0 radical (unpaired) electrons. The second-order valence-electron chi connectivity index (χ2n) is 9.46. The number of aromatic nitrogens is 1. The quantitative estimate of drug-likeness (QED) is 0.570. The van der Waals surface area contributed by atoms with Gasteiger partial charge >= 0.3 is 5.97 Å². The van der Waals surface area contributed by atoms with Gasteiger partial charge < -0.3 is 20.3 Å². The summed E-state index contributed by atoms with van der Waals surface area (Å²) in [7, 11) is 1.36. The highest BCUT2D eigenvalue weighted by atomic mass is 32.2. The predicted molar refractivity (Wildman–Crippen MR) is 144 cm³/mol. The first-order valence-electron chi connectivity index (χ1n) is 12.3. The molecule has 8 nitrogen and oxygen atoms in total. The van der Waals surface area contributed by atoms with Gasteiger partial charge in [-0.2, -0.15) is 0 Å². The van der Waals surface area contributed by atoms with Crippen LogP contribution in [0, 0.1) is 0 Å². The Balaban J connectivity index is 1.33. The number of nitrogens with two attached hydrogens (primary N) is 1. The summed E-state index contributed by atoms with van der Waals surface area (Å²) in [6.45, 7) is 7.45. The summed E-state index contributed by atoms with van der Waals surface area (Å²) in [5.74, 6) is 1.43. The van der Waals surface area contributed by atoms with E-state index in [0.717, 1.165) is 41.7 Å². The molecule has 2 aromatic rings. The zero-order valence-electron chi connectivity index (χ0n) is 21.2. The van der Waals surface area contributed by atoms with Crippen LogP contribution in [0.4, 0.5) is 5.82 Å². The van der Waals surface area contributed by atoms with E-state index >= 15 is 0 Å². The molecule has 36 heavy (non-hydrogen) atoms. The van der Waals surface area contributed by atoms with E-state index in [2.05, 4.69) is 40.8 Å². The molecule has 1 aromatic heterocycles. The fourth-order valence-electron chi connectivity index (χ4n) is 4.77. The van der Waals surface area contributed by atoms with Crippen molar-refractivity contribution in [1.82, 2.24) is 14.8 Å². The molecule has 0 bridgehead atoms. The molecule has 4 rings (SSSR count). The number of nitrogens with zero attached hydrogens (tertiary/aromatic N) is 4. The Morgan fingerprint density at radius 2 is 1.83 bits per heavy atom. The number of anilines is 1. The van der Waals surface area contributed by atoms with E-state index in [1.165, 1.54) is 12.7 Å². The lowest BCUT2D eigenvalue weighted by Gasteiger charge is -2.45. The van der Waals surface area contributed by atoms with Crippen LogP contribution >= 0.6 is 11.8 Å². The van der Waals surface area contributed by atoms with E-state index < -0.39 is 5.97 Å². The number of methoxy groups -OCH3 is 1. The molecular weight excluding hydrogens is 474 g/mol. The molecule has 0 unspecified atom stereocenters. The van der Waals surface area contributed by atoms with Crippen LogP contribution in [0.1, 0.15) is 36.2 Å². The predicted octanol–water partition coefficient (Wildman–Crippen LogP) is 3.10. The van der Waals surface area contributed by atoms with Crippen LogP contribution in [0.2, 0.25) is 0 Å². The summed E-state index contributed by atoms with van der Waals surface area (Å²) in [6.07, 6.45) is 2.27. The summed E-state index contributed by atoms with van der Waals surface area (Å²) >= 11 is 1.73. The Hall–Kier alpha value is -3.04. The molecule has 2 aliphatic rings. The van der Waals surface area contributed by atoms with Gasteiger partial charge in [-0.3, -0.25) is 9.69 Å². The van der Waals surface area contributed by atoms with Crippen molar-refractivity contribution >= 4 is 29.5 Å². The molecule has 2 N–H and O–H groups in total. The van der Waals surface area contributed by atoms with Gasteiger partial charge in [-0.05, 0) is 31.5 Å². The van der Waals surface area contributed by atoms with Crippen molar-refractivity contribution in [2.75, 3.05) is 44.7 Å². The standard InChI is InChI=1S/C27H35N5O3S/c1-19-14-31(25-10-9-22(13-29-25)27(34)35-3)15-20(2)32(19)17-26(33)30-12-11-23(28)24(16-30)36-18-21-7-5-4-6-8-21/h4-10,13,19-20H,11-12,14-18,28H2,1-3H3/t19-,20+. The smallest absolute Gasteiger partial charge is 0.339 e. The topological polar surface area (TPSA) is 92.0 Å². The molecule has 9 heteroatoms. The highest BCUT2D eigenvalue weighted by molar-refractivity contribution is 8.02. The number of thioether (sulfide) groups is 1. The molecule has 0 spiro atoms. The van der Waals surface area contributed by atoms with Crippen molar-refractivity contribution in [3.05, 3.63) is 70.4 Å². The number of piperazine rings is 1. The van der Waals surface area contributed by atoms with Gasteiger partial charge in [0.2, 0.25) is 5.91 Å². The minimum absolute atomic E-state index is 0.146. The number of carbonyl (C=O) groups excluding carboxylic acids is 2. The Kier molecular flexibility index (Phi) is 8.53. The Bertz CT molecular complexity index is 1080. The third-order valence-corrected chi connectivity index (χ3v) is 8.08. The van der Waals surface area contributed by atoms with Crippen LogP contribution < -0.4 is 10.6 Å². The number of esters is 1. The zero-order chi connectivity index (χ0) is 25.7. The van der Waals surface area contributed by atoms with Crippen LogP contribution in [0.15, 0.2) is 59.3 Å². The van der Waals surface area contributed by atoms with Gasteiger partial charge in [0.05, 0.1) is 25.8 Å². The number of benzene rings is 1. The van der Waals surface area contributed by atoms with Gasteiger partial charge in [0.15, 0.2) is 0 Å². The Labute approximate surface area is 217 Å². The maximum Gasteiger partial charge on any atom is 0.339 e. The fraction of sp³-hybridized carbons (Fsp3) is 0.444. The van der Waals surface area contributed by atoms with E-state index in [0.29, 0.717) is 25.2 Å². The Morgan fingerprint density at radius 1 is 1.11 bits per heavy atom. The van der Waals surface area contributed by atoms with Crippen molar-refractivity contribution in [3.8, 4) is 0 Å². The minimum Gasteiger partial charge on any atom is -0.465 e. The lowest BCUT2D eigenvalue weighted by Crippen LogP contribution is -2.59. The molecule has 3 heterocycles. The third kappa shape index (κ3) is 6.20.